The summed E-state index contributed by atoms with van der Waals surface area (Å²) in [5.74, 6) is 0.566. The molecule has 17 heavy (non-hydrogen) atoms. The first-order chi connectivity index (χ1) is 8.34. The molecule has 1 aliphatic carbocycles. The molecule has 1 unspecified atom stereocenters. The van der Waals surface area contributed by atoms with Gasteiger partial charge in [-0.15, -0.1) is 0 Å². The minimum atomic E-state index is -0.174. The Morgan fingerprint density at radius 1 is 1.06 bits per heavy atom. The monoisotopic (exact) mass is 233 g/mol. The lowest BCUT2D eigenvalue weighted by atomic mass is 9.94. The van der Waals surface area contributed by atoms with Gasteiger partial charge < -0.3 is 5.32 Å². The molecule has 1 nitrogen and oxygen atoms in total. The Bertz CT molecular complexity index is 356. The van der Waals surface area contributed by atoms with Crippen LogP contribution >= 0.6 is 0 Å². The molecular formula is C15H20FN. The molecule has 0 radical (unpaired) electrons. The lowest BCUT2D eigenvalue weighted by Gasteiger charge is -2.18. The fourth-order valence-corrected chi connectivity index (χ4v) is 2.27. The molecule has 1 N–H and O–H groups in total. The van der Waals surface area contributed by atoms with Crippen molar-refractivity contribution in [1.29, 1.82) is 0 Å². The molecule has 0 saturated carbocycles. The molecule has 0 spiro atoms. The lowest BCUT2D eigenvalue weighted by molar-refractivity contribution is 0.456. The van der Waals surface area contributed by atoms with E-state index in [1.807, 2.05) is 0 Å². The van der Waals surface area contributed by atoms with E-state index in [1.165, 1.54) is 44.2 Å². The Kier molecular flexibility index (Phi) is 4.60. The summed E-state index contributed by atoms with van der Waals surface area (Å²) in [6.45, 7) is 0.999. The molecule has 0 amide bonds. The Hall–Kier alpha value is -1.31. The van der Waals surface area contributed by atoms with Gasteiger partial charge in [0.05, 0.1) is 0 Å². The van der Waals surface area contributed by atoms with Crippen LogP contribution in [-0.4, -0.2) is 6.54 Å². The molecule has 2 heteroatoms. The smallest absolute Gasteiger partial charge is 0.123 e. The van der Waals surface area contributed by atoms with Crippen LogP contribution in [0.1, 0.15) is 32.1 Å². The van der Waals surface area contributed by atoms with Crippen LogP contribution in [0.4, 0.5) is 10.1 Å². The van der Waals surface area contributed by atoms with Crippen molar-refractivity contribution < 1.29 is 4.39 Å². The van der Waals surface area contributed by atoms with Gasteiger partial charge in [-0.2, -0.15) is 0 Å². The van der Waals surface area contributed by atoms with Crippen LogP contribution in [0, 0.1) is 11.7 Å². The topological polar surface area (TPSA) is 12.0 Å². The molecule has 1 atom stereocenters. The van der Waals surface area contributed by atoms with Gasteiger partial charge in [-0.3, -0.25) is 0 Å². The van der Waals surface area contributed by atoms with Gasteiger partial charge in [0.25, 0.3) is 0 Å². The minimum Gasteiger partial charge on any atom is -0.385 e. The van der Waals surface area contributed by atoms with E-state index in [9.17, 15) is 4.39 Å². The summed E-state index contributed by atoms with van der Waals surface area (Å²) in [6, 6.07) is 6.61. The van der Waals surface area contributed by atoms with E-state index < -0.39 is 0 Å². The van der Waals surface area contributed by atoms with Gasteiger partial charge in [0.2, 0.25) is 0 Å². The standard InChI is InChI=1S/C15H20FN/c16-14-8-10-15(11-9-14)17-12-13-6-4-2-1-3-5-7-13/h1-2,8-11,13,17H,3-7,12H2/b2-1-. The summed E-state index contributed by atoms with van der Waals surface area (Å²) in [5, 5.41) is 3.40. The number of nitrogens with one attached hydrogen (secondary N) is 1. The quantitative estimate of drug-likeness (QED) is 0.764. The van der Waals surface area contributed by atoms with Crippen molar-refractivity contribution >= 4 is 5.69 Å². The van der Waals surface area contributed by atoms with Crippen LogP contribution in [-0.2, 0) is 0 Å². The van der Waals surface area contributed by atoms with Crippen molar-refractivity contribution in [3.8, 4) is 0 Å². The lowest BCUT2D eigenvalue weighted by Crippen LogP contribution is -2.15. The highest BCUT2D eigenvalue weighted by Gasteiger charge is 2.08. The van der Waals surface area contributed by atoms with Gasteiger partial charge in [0.15, 0.2) is 0 Å². The molecule has 0 fully saturated rings. The summed E-state index contributed by atoms with van der Waals surface area (Å²) in [4.78, 5) is 0. The molecule has 1 aromatic carbocycles. The first-order valence-electron chi connectivity index (χ1n) is 6.49. The molecule has 2 rings (SSSR count). The first-order valence-corrected chi connectivity index (χ1v) is 6.49. The van der Waals surface area contributed by atoms with Crippen molar-refractivity contribution in [2.24, 2.45) is 5.92 Å². The Morgan fingerprint density at radius 3 is 2.65 bits per heavy atom. The van der Waals surface area contributed by atoms with Gasteiger partial charge >= 0.3 is 0 Å². The normalized spacial score (nSPS) is 22.5. The molecule has 0 aliphatic heterocycles. The summed E-state index contributed by atoms with van der Waals surface area (Å²) in [5.41, 5.74) is 1.02. The molecular weight excluding hydrogens is 213 g/mol. The van der Waals surface area contributed by atoms with E-state index in [-0.39, 0.29) is 5.82 Å². The third-order valence-electron chi connectivity index (χ3n) is 3.33. The molecule has 1 aromatic rings. The van der Waals surface area contributed by atoms with Crippen molar-refractivity contribution in [3.05, 3.63) is 42.2 Å². The number of allylic oxidation sites excluding steroid dienone is 2. The van der Waals surface area contributed by atoms with E-state index in [0.29, 0.717) is 0 Å². The second kappa shape index (κ2) is 6.43. The third kappa shape index (κ3) is 4.22. The van der Waals surface area contributed by atoms with Crippen LogP contribution < -0.4 is 5.32 Å². The second-order valence-corrected chi connectivity index (χ2v) is 4.73. The van der Waals surface area contributed by atoms with E-state index in [2.05, 4.69) is 17.5 Å². The number of hydrogen-bond donors (Lipinski definition) is 1. The summed E-state index contributed by atoms with van der Waals surface area (Å²) in [7, 11) is 0. The number of hydrogen-bond acceptors (Lipinski definition) is 1. The zero-order valence-electron chi connectivity index (χ0n) is 10.2. The zero-order valence-corrected chi connectivity index (χ0v) is 10.2. The summed E-state index contributed by atoms with van der Waals surface area (Å²) >= 11 is 0. The predicted octanol–water partition coefficient (Wildman–Crippen LogP) is 4.37. The highest BCUT2D eigenvalue weighted by molar-refractivity contribution is 5.42. The molecule has 1 aliphatic rings. The number of benzene rings is 1. The van der Waals surface area contributed by atoms with E-state index in [4.69, 9.17) is 0 Å². The average molecular weight is 233 g/mol. The first kappa shape index (κ1) is 12.2. The largest absolute Gasteiger partial charge is 0.385 e. The minimum absolute atomic E-state index is 0.174. The van der Waals surface area contributed by atoms with Crippen LogP contribution in [0.15, 0.2) is 36.4 Å². The fraction of sp³-hybridized carbons (Fsp3) is 0.467. The van der Waals surface area contributed by atoms with Gasteiger partial charge in [-0.25, -0.2) is 4.39 Å². The van der Waals surface area contributed by atoms with Crippen LogP contribution in [0.5, 0.6) is 0 Å². The molecule has 0 heterocycles. The van der Waals surface area contributed by atoms with Crippen molar-refractivity contribution in [2.45, 2.75) is 32.1 Å². The van der Waals surface area contributed by atoms with Gasteiger partial charge in [-0.05, 0) is 62.3 Å². The molecule has 0 saturated heterocycles. The molecule has 92 valence electrons. The molecule has 0 aromatic heterocycles. The van der Waals surface area contributed by atoms with Crippen molar-refractivity contribution in [2.75, 3.05) is 11.9 Å². The number of anilines is 1. The van der Waals surface area contributed by atoms with E-state index >= 15 is 0 Å². The molecule has 0 bridgehead atoms. The third-order valence-corrected chi connectivity index (χ3v) is 3.33. The van der Waals surface area contributed by atoms with Crippen LogP contribution in [0.3, 0.4) is 0 Å². The second-order valence-electron chi connectivity index (χ2n) is 4.73. The van der Waals surface area contributed by atoms with Crippen LogP contribution in [0.25, 0.3) is 0 Å². The van der Waals surface area contributed by atoms with Crippen LogP contribution in [0.2, 0.25) is 0 Å². The van der Waals surface area contributed by atoms with Crippen molar-refractivity contribution in [1.82, 2.24) is 0 Å². The van der Waals surface area contributed by atoms with E-state index in [0.717, 1.165) is 18.2 Å². The summed E-state index contributed by atoms with van der Waals surface area (Å²) < 4.78 is 12.7. The highest BCUT2D eigenvalue weighted by atomic mass is 19.1. The highest BCUT2D eigenvalue weighted by Crippen LogP contribution is 2.19. The van der Waals surface area contributed by atoms with Gasteiger partial charge in [0, 0.05) is 12.2 Å². The fourth-order valence-electron chi connectivity index (χ4n) is 2.27. The SMILES string of the molecule is Fc1ccc(NCC2CC/C=C\CCC2)cc1. The predicted molar refractivity (Wildman–Crippen MR) is 70.6 cm³/mol. The van der Waals surface area contributed by atoms with Crippen molar-refractivity contribution in [3.63, 3.8) is 0 Å². The zero-order chi connectivity index (χ0) is 11.9. The Labute approximate surface area is 103 Å². The van der Waals surface area contributed by atoms with Gasteiger partial charge in [0.1, 0.15) is 5.82 Å². The Morgan fingerprint density at radius 2 is 1.82 bits per heavy atom. The maximum atomic E-state index is 12.7. The maximum Gasteiger partial charge on any atom is 0.123 e. The maximum absolute atomic E-state index is 12.7. The average Bonchev–Trinajstić information content (AvgIpc) is 2.30. The van der Waals surface area contributed by atoms with Gasteiger partial charge in [-0.1, -0.05) is 12.2 Å². The summed E-state index contributed by atoms with van der Waals surface area (Å²) in [6.07, 6.45) is 10.8. The Balaban J connectivity index is 1.80. The number of rotatable bonds is 3. The number of halogens is 1. The van der Waals surface area contributed by atoms with E-state index in [1.54, 1.807) is 12.1 Å².